The molecule has 1 saturated heterocycles. The van der Waals surface area contributed by atoms with E-state index < -0.39 is 0 Å². The van der Waals surface area contributed by atoms with Crippen LogP contribution in [0.15, 0.2) is 42.5 Å². The summed E-state index contributed by atoms with van der Waals surface area (Å²) in [5.41, 5.74) is 2.42. The number of carbonyl (C=O) groups excluding carboxylic acids is 2. The standard InChI is InChI=1S/C22H27N3O4/c1-16(26)17-4-6-18(7-5-17)25-12-10-24(11-13-25)15-22(27)23-20-14-19(28-2)8-9-21(20)29-3/h4-9,14H,10-13,15H2,1-3H3,(H,23,27). The Kier molecular flexibility index (Phi) is 6.72. The SMILES string of the molecule is COc1ccc(OC)c(NC(=O)CN2CCN(c3ccc(C(C)=O)cc3)CC2)c1. The molecule has 1 aliphatic heterocycles. The predicted molar refractivity (Wildman–Crippen MR) is 113 cm³/mol. The average Bonchev–Trinajstić information content (AvgIpc) is 2.74. The molecule has 0 atom stereocenters. The fraction of sp³-hybridized carbons (Fsp3) is 0.364. The Bertz CT molecular complexity index is 859. The van der Waals surface area contributed by atoms with E-state index in [1.54, 1.807) is 39.3 Å². The fourth-order valence-electron chi connectivity index (χ4n) is 3.38. The van der Waals surface area contributed by atoms with E-state index >= 15 is 0 Å². The molecule has 0 radical (unpaired) electrons. The number of nitrogens with one attached hydrogen (secondary N) is 1. The number of anilines is 2. The third-order valence-corrected chi connectivity index (χ3v) is 5.06. The van der Waals surface area contributed by atoms with Gasteiger partial charge in [0.15, 0.2) is 5.78 Å². The van der Waals surface area contributed by atoms with Crippen LogP contribution in [0.5, 0.6) is 11.5 Å². The summed E-state index contributed by atoms with van der Waals surface area (Å²) >= 11 is 0. The summed E-state index contributed by atoms with van der Waals surface area (Å²) in [5, 5.41) is 2.91. The number of carbonyl (C=O) groups is 2. The summed E-state index contributed by atoms with van der Waals surface area (Å²) in [5.74, 6) is 1.24. The van der Waals surface area contributed by atoms with Crippen LogP contribution in [0.3, 0.4) is 0 Å². The van der Waals surface area contributed by atoms with Crippen LogP contribution >= 0.6 is 0 Å². The van der Waals surface area contributed by atoms with E-state index in [4.69, 9.17) is 9.47 Å². The summed E-state index contributed by atoms with van der Waals surface area (Å²) < 4.78 is 10.5. The molecule has 0 spiro atoms. The summed E-state index contributed by atoms with van der Waals surface area (Å²) in [6, 6.07) is 13.0. The zero-order valence-corrected chi connectivity index (χ0v) is 17.1. The maximum Gasteiger partial charge on any atom is 0.238 e. The van der Waals surface area contributed by atoms with Gasteiger partial charge in [0.2, 0.25) is 5.91 Å². The van der Waals surface area contributed by atoms with E-state index in [-0.39, 0.29) is 11.7 Å². The minimum atomic E-state index is -0.0872. The van der Waals surface area contributed by atoms with Crippen molar-refractivity contribution in [2.75, 3.05) is 57.2 Å². The third-order valence-electron chi connectivity index (χ3n) is 5.06. The van der Waals surface area contributed by atoms with E-state index in [0.29, 0.717) is 23.7 Å². The van der Waals surface area contributed by atoms with Gasteiger partial charge >= 0.3 is 0 Å². The van der Waals surface area contributed by atoms with Gasteiger partial charge in [0.05, 0.1) is 26.5 Å². The molecule has 0 aromatic heterocycles. The van der Waals surface area contributed by atoms with E-state index in [2.05, 4.69) is 15.1 Å². The molecule has 7 nitrogen and oxygen atoms in total. The number of benzene rings is 2. The maximum atomic E-state index is 12.5. The summed E-state index contributed by atoms with van der Waals surface area (Å²) in [4.78, 5) is 28.3. The molecule has 154 valence electrons. The summed E-state index contributed by atoms with van der Waals surface area (Å²) in [7, 11) is 3.15. The van der Waals surface area contributed by atoms with Crippen molar-refractivity contribution in [3.05, 3.63) is 48.0 Å². The molecule has 2 aromatic rings. The molecule has 0 saturated carbocycles. The van der Waals surface area contributed by atoms with Crippen LogP contribution in [0.25, 0.3) is 0 Å². The molecule has 29 heavy (non-hydrogen) atoms. The molecule has 1 aliphatic rings. The Morgan fingerprint density at radius 2 is 1.66 bits per heavy atom. The van der Waals surface area contributed by atoms with Crippen LogP contribution in [0, 0.1) is 0 Å². The monoisotopic (exact) mass is 397 g/mol. The average molecular weight is 397 g/mol. The molecular formula is C22H27N3O4. The first-order valence-corrected chi connectivity index (χ1v) is 9.60. The zero-order valence-electron chi connectivity index (χ0n) is 17.1. The van der Waals surface area contributed by atoms with Gasteiger partial charge in [-0.1, -0.05) is 0 Å². The highest BCUT2D eigenvalue weighted by Crippen LogP contribution is 2.28. The largest absolute Gasteiger partial charge is 0.497 e. The lowest BCUT2D eigenvalue weighted by Gasteiger charge is -2.35. The van der Waals surface area contributed by atoms with Gasteiger partial charge in [0.25, 0.3) is 0 Å². The van der Waals surface area contributed by atoms with E-state index in [1.165, 1.54) is 0 Å². The Morgan fingerprint density at radius 3 is 2.24 bits per heavy atom. The van der Waals surface area contributed by atoms with Gasteiger partial charge in [-0.3, -0.25) is 14.5 Å². The van der Waals surface area contributed by atoms with Crippen molar-refractivity contribution in [2.24, 2.45) is 0 Å². The number of nitrogens with zero attached hydrogens (tertiary/aromatic N) is 2. The van der Waals surface area contributed by atoms with Gasteiger partial charge < -0.3 is 19.7 Å². The van der Waals surface area contributed by atoms with Gasteiger partial charge in [-0.2, -0.15) is 0 Å². The molecule has 1 amide bonds. The lowest BCUT2D eigenvalue weighted by Crippen LogP contribution is -2.48. The summed E-state index contributed by atoms with van der Waals surface area (Å²) in [6.45, 7) is 5.12. The van der Waals surface area contributed by atoms with Crippen molar-refractivity contribution in [3.63, 3.8) is 0 Å². The first-order chi connectivity index (χ1) is 14.0. The Balaban J connectivity index is 1.53. The minimum absolute atomic E-state index is 0.0695. The van der Waals surface area contributed by atoms with Gasteiger partial charge in [0, 0.05) is 43.5 Å². The van der Waals surface area contributed by atoms with Crippen molar-refractivity contribution in [1.29, 1.82) is 0 Å². The lowest BCUT2D eigenvalue weighted by atomic mass is 10.1. The number of piperazine rings is 1. The van der Waals surface area contributed by atoms with Gasteiger partial charge in [-0.15, -0.1) is 0 Å². The minimum Gasteiger partial charge on any atom is -0.497 e. The number of ketones is 1. The first kappa shape index (κ1) is 20.7. The lowest BCUT2D eigenvalue weighted by molar-refractivity contribution is -0.117. The third kappa shape index (κ3) is 5.26. The van der Waals surface area contributed by atoms with Crippen molar-refractivity contribution >= 4 is 23.1 Å². The predicted octanol–water partition coefficient (Wildman–Crippen LogP) is 2.67. The second kappa shape index (κ2) is 9.43. The van der Waals surface area contributed by atoms with Crippen LogP contribution in [0.1, 0.15) is 17.3 Å². The van der Waals surface area contributed by atoms with Crippen LogP contribution in [-0.2, 0) is 4.79 Å². The molecule has 0 bridgehead atoms. The van der Waals surface area contributed by atoms with Gasteiger partial charge in [0.1, 0.15) is 11.5 Å². The number of hydrogen-bond acceptors (Lipinski definition) is 6. The molecular weight excluding hydrogens is 370 g/mol. The topological polar surface area (TPSA) is 71.1 Å². The highest BCUT2D eigenvalue weighted by atomic mass is 16.5. The van der Waals surface area contributed by atoms with Crippen molar-refractivity contribution < 1.29 is 19.1 Å². The Hall–Kier alpha value is -3.06. The Labute approximate surface area is 171 Å². The molecule has 2 aromatic carbocycles. The molecule has 7 heteroatoms. The smallest absolute Gasteiger partial charge is 0.238 e. The number of methoxy groups -OCH3 is 2. The van der Waals surface area contributed by atoms with E-state index in [1.807, 2.05) is 24.3 Å². The molecule has 1 fully saturated rings. The number of ether oxygens (including phenoxy) is 2. The molecule has 0 aliphatic carbocycles. The van der Waals surface area contributed by atoms with Crippen molar-refractivity contribution in [2.45, 2.75) is 6.92 Å². The highest BCUT2D eigenvalue weighted by molar-refractivity contribution is 5.94. The molecule has 3 rings (SSSR count). The quantitative estimate of drug-likeness (QED) is 0.725. The normalized spacial score (nSPS) is 14.4. The Morgan fingerprint density at radius 1 is 0.966 bits per heavy atom. The summed E-state index contributed by atoms with van der Waals surface area (Å²) in [6.07, 6.45) is 0. The zero-order chi connectivity index (χ0) is 20.8. The second-order valence-corrected chi connectivity index (χ2v) is 6.98. The van der Waals surface area contributed by atoms with Gasteiger partial charge in [-0.05, 0) is 43.3 Å². The van der Waals surface area contributed by atoms with Crippen LogP contribution in [0.4, 0.5) is 11.4 Å². The van der Waals surface area contributed by atoms with E-state index in [0.717, 1.165) is 37.4 Å². The van der Waals surface area contributed by atoms with Gasteiger partial charge in [-0.25, -0.2) is 0 Å². The number of Topliss-reactive ketones (excluding diaryl/α,β-unsaturated/α-hetero) is 1. The number of hydrogen-bond donors (Lipinski definition) is 1. The first-order valence-electron chi connectivity index (χ1n) is 9.60. The number of amides is 1. The second-order valence-electron chi connectivity index (χ2n) is 6.98. The molecule has 1 N–H and O–H groups in total. The molecule has 1 heterocycles. The molecule has 0 unspecified atom stereocenters. The van der Waals surface area contributed by atoms with E-state index in [9.17, 15) is 9.59 Å². The maximum absolute atomic E-state index is 12.5. The number of rotatable bonds is 7. The van der Waals surface area contributed by atoms with Crippen LogP contribution < -0.4 is 19.7 Å². The fourth-order valence-corrected chi connectivity index (χ4v) is 3.38. The van der Waals surface area contributed by atoms with Crippen molar-refractivity contribution in [1.82, 2.24) is 4.90 Å². The van der Waals surface area contributed by atoms with Crippen LogP contribution in [-0.4, -0.2) is 63.5 Å². The highest BCUT2D eigenvalue weighted by Gasteiger charge is 2.20. The van der Waals surface area contributed by atoms with Crippen molar-refractivity contribution in [3.8, 4) is 11.5 Å². The van der Waals surface area contributed by atoms with Crippen LogP contribution in [0.2, 0.25) is 0 Å².